The molecule has 1 saturated heterocycles. The highest BCUT2D eigenvalue weighted by Gasteiger charge is 2.31. The molecule has 1 heterocycles. The summed E-state index contributed by atoms with van der Waals surface area (Å²) in [4.78, 5) is 39.0. The Morgan fingerprint density at radius 3 is 2.47 bits per heavy atom. The smallest absolute Gasteiger partial charge is 0.407 e. The van der Waals surface area contributed by atoms with E-state index in [-0.39, 0.29) is 53.9 Å². The van der Waals surface area contributed by atoms with Crippen molar-refractivity contribution in [2.45, 2.75) is 63.0 Å². The lowest BCUT2D eigenvalue weighted by molar-refractivity contribution is -0.126. The Hall–Kier alpha value is -2.66. The molecule has 3 N–H and O–H groups in total. The summed E-state index contributed by atoms with van der Waals surface area (Å²) in [6.07, 6.45) is 2.42. The van der Waals surface area contributed by atoms with Crippen LogP contribution in [0.4, 0.5) is 4.79 Å². The molecule has 1 aliphatic heterocycles. The van der Waals surface area contributed by atoms with Gasteiger partial charge in [-0.2, -0.15) is 0 Å². The third kappa shape index (κ3) is 7.69. The number of piperidine rings is 1. The van der Waals surface area contributed by atoms with Crippen molar-refractivity contribution in [1.82, 2.24) is 20.3 Å². The average Bonchev–Trinajstić information content (AvgIpc) is 3.58. The van der Waals surface area contributed by atoms with E-state index in [2.05, 4.69) is 15.4 Å². The molecule has 1 atom stereocenters. The first-order valence-electron chi connectivity index (χ1n) is 11.6. The maximum absolute atomic E-state index is 13.0. The highest BCUT2D eigenvalue weighted by molar-refractivity contribution is 7.89. The Balaban J connectivity index is 1.51. The lowest BCUT2D eigenvalue weighted by Crippen LogP contribution is -2.46. The van der Waals surface area contributed by atoms with E-state index in [1.165, 1.54) is 12.1 Å². The van der Waals surface area contributed by atoms with Crippen LogP contribution in [0, 0.1) is 5.92 Å². The van der Waals surface area contributed by atoms with Gasteiger partial charge in [0.05, 0.1) is 10.8 Å². The summed E-state index contributed by atoms with van der Waals surface area (Å²) in [5, 5.41) is 5.37. The lowest BCUT2D eigenvalue weighted by atomic mass is 9.96. The summed E-state index contributed by atoms with van der Waals surface area (Å²) < 4.78 is 32.7. The van der Waals surface area contributed by atoms with Crippen LogP contribution in [0.3, 0.4) is 0 Å². The van der Waals surface area contributed by atoms with E-state index in [0.29, 0.717) is 19.4 Å². The summed E-state index contributed by atoms with van der Waals surface area (Å²) in [6, 6.07) is 5.98. The molecule has 0 aromatic heterocycles. The number of rotatable bonds is 8. The largest absolute Gasteiger partial charge is 0.444 e. The number of carbonyl (C=O) groups excluding carboxylic acids is 3. The van der Waals surface area contributed by atoms with E-state index in [9.17, 15) is 22.8 Å². The maximum atomic E-state index is 13.0. The van der Waals surface area contributed by atoms with Crippen molar-refractivity contribution >= 4 is 27.9 Å². The Morgan fingerprint density at radius 1 is 1.09 bits per heavy atom. The number of ether oxygens (including phenoxy) is 1. The van der Waals surface area contributed by atoms with Crippen LogP contribution >= 0.6 is 0 Å². The third-order valence-electron chi connectivity index (χ3n) is 5.46. The first-order valence-corrected chi connectivity index (χ1v) is 13.1. The van der Waals surface area contributed by atoms with Crippen LogP contribution in [0.25, 0.3) is 0 Å². The number of likely N-dealkylation sites (tertiary alicyclic amines) is 1. The van der Waals surface area contributed by atoms with Gasteiger partial charge in [-0.15, -0.1) is 0 Å². The van der Waals surface area contributed by atoms with Gasteiger partial charge >= 0.3 is 6.09 Å². The topological polar surface area (TPSA) is 134 Å². The molecule has 2 aliphatic rings. The minimum Gasteiger partial charge on any atom is -0.444 e. The normalized spacial score (nSPS) is 18.8. The predicted octanol–water partition coefficient (Wildman–Crippen LogP) is 1.62. The van der Waals surface area contributed by atoms with Crippen molar-refractivity contribution in [1.29, 1.82) is 0 Å². The van der Waals surface area contributed by atoms with Crippen molar-refractivity contribution in [2.24, 2.45) is 5.92 Å². The second kappa shape index (κ2) is 10.7. The van der Waals surface area contributed by atoms with Crippen molar-refractivity contribution in [3.8, 4) is 0 Å². The number of hydrogen-bond acceptors (Lipinski definition) is 6. The zero-order chi connectivity index (χ0) is 24.9. The van der Waals surface area contributed by atoms with Gasteiger partial charge in [-0.3, -0.25) is 9.59 Å². The minimum atomic E-state index is -3.66. The quantitative estimate of drug-likeness (QED) is 0.470. The zero-order valence-corrected chi connectivity index (χ0v) is 20.7. The molecule has 10 nitrogen and oxygen atoms in total. The van der Waals surface area contributed by atoms with E-state index in [0.717, 1.165) is 12.8 Å². The van der Waals surface area contributed by atoms with Crippen LogP contribution in [0.15, 0.2) is 29.2 Å². The maximum Gasteiger partial charge on any atom is 0.407 e. The highest BCUT2D eigenvalue weighted by Crippen LogP contribution is 2.24. The van der Waals surface area contributed by atoms with E-state index >= 15 is 0 Å². The molecule has 1 saturated carbocycles. The van der Waals surface area contributed by atoms with Crippen LogP contribution < -0.4 is 15.4 Å². The van der Waals surface area contributed by atoms with E-state index < -0.39 is 21.7 Å². The standard InChI is InChI=1S/C23H34N4O6S/c1-23(2,3)33-22(30)25-12-11-24-20(28)17-7-5-13-27(15-17)21(29)16-6-4-8-19(14-16)34(31,32)26-18-9-10-18/h4,6,8,14,17-18,26H,5,7,9-13,15H2,1-3H3,(H,24,28)(H,25,30). The molecule has 0 spiro atoms. The molecule has 1 aliphatic carbocycles. The zero-order valence-electron chi connectivity index (χ0n) is 19.9. The van der Waals surface area contributed by atoms with Gasteiger partial charge in [-0.05, 0) is 64.7 Å². The Morgan fingerprint density at radius 2 is 1.79 bits per heavy atom. The summed E-state index contributed by atoms with van der Waals surface area (Å²) >= 11 is 0. The summed E-state index contributed by atoms with van der Waals surface area (Å²) in [7, 11) is -3.66. The van der Waals surface area contributed by atoms with Gasteiger partial charge in [0.2, 0.25) is 15.9 Å². The van der Waals surface area contributed by atoms with Crippen LogP contribution in [0.5, 0.6) is 0 Å². The molecule has 0 radical (unpaired) electrons. The predicted molar refractivity (Wildman–Crippen MR) is 126 cm³/mol. The fourth-order valence-electron chi connectivity index (χ4n) is 3.65. The fraction of sp³-hybridized carbons (Fsp3) is 0.609. The van der Waals surface area contributed by atoms with Gasteiger partial charge in [0.1, 0.15) is 5.60 Å². The molecular weight excluding hydrogens is 460 g/mol. The van der Waals surface area contributed by atoms with Crippen molar-refractivity contribution in [3.05, 3.63) is 29.8 Å². The number of benzene rings is 1. The molecule has 1 aromatic rings. The number of amides is 3. The molecule has 1 unspecified atom stereocenters. The SMILES string of the molecule is CC(C)(C)OC(=O)NCCNC(=O)C1CCCN(C(=O)c2cccc(S(=O)(=O)NC3CC3)c2)C1. The molecule has 2 fully saturated rings. The van der Waals surface area contributed by atoms with Crippen molar-refractivity contribution in [3.63, 3.8) is 0 Å². The van der Waals surface area contributed by atoms with Crippen molar-refractivity contribution in [2.75, 3.05) is 26.2 Å². The second-order valence-corrected chi connectivity index (χ2v) is 11.4. The Bertz CT molecular complexity index is 1020. The molecule has 3 rings (SSSR count). The molecule has 34 heavy (non-hydrogen) atoms. The van der Waals surface area contributed by atoms with Gasteiger partial charge in [0.15, 0.2) is 0 Å². The van der Waals surface area contributed by atoms with Crippen molar-refractivity contribution < 1.29 is 27.5 Å². The summed E-state index contributed by atoms with van der Waals surface area (Å²) in [6.45, 7) is 6.53. The van der Waals surface area contributed by atoms with E-state index in [4.69, 9.17) is 4.74 Å². The second-order valence-electron chi connectivity index (χ2n) is 9.73. The Labute approximate surface area is 200 Å². The number of sulfonamides is 1. The van der Waals surface area contributed by atoms with Gasteiger partial charge in [0.25, 0.3) is 5.91 Å². The van der Waals surface area contributed by atoms with Crippen LogP contribution in [-0.2, 0) is 19.6 Å². The molecule has 0 bridgehead atoms. The van der Waals surface area contributed by atoms with Gasteiger partial charge in [-0.1, -0.05) is 6.07 Å². The number of hydrogen-bond donors (Lipinski definition) is 3. The molecule has 1 aromatic carbocycles. The van der Waals surface area contributed by atoms with Crippen LogP contribution in [-0.4, -0.2) is 69.0 Å². The Kier molecular flexibility index (Phi) is 8.19. The van der Waals surface area contributed by atoms with E-state index in [1.807, 2.05) is 0 Å². The van der Waals surface area contributed by atoms with E-state index in [1.54, 1.807) is 37.8 Å². The fourth-order valence-corrected chi connectivity index (χ4v) is 5.00. The van der Waals surface area contributed by atoms with Crippen LogP contribution in [0.2, 0.25) is 0 Å². The number of nitrogens with one attached hydrogen (secondary N) is 3. The van der Waals surface area contributed by atoms with Gasteiger partial charge < -0.3 is 20.3 Å². The van der Waals surface area contributed by atoms with Gasteiger partial charge in [-0.25, -0.2) is 17.9 Å². The highest BCUT2D eigenvalue weighted by atomic mass is 32.2. The van der Waals surface area contributed by atoms with Crippen LogP contribution in [0.1, 0.15) is 56.8 Å². The first kappa shape index (κ1) is 26.0. The number of carbonyl (C=O) groups is 3. The monoisotopic (exact) mass is 494 g/mol. The van der Waals surface area contributed by atoms with Gasteiger partial charge in [0, 0.05) is 37.8 Å². The molecule has 3 amide bonds. The third-order valence-corrected chi connectivity index (χ3v) is 6.98. The number of alkyl carbamates (subject to hydrolysis) is 1. The molecular formula is C23H34N4O6S. The minimum absolute atomic E-state index is 0.0231. The lowest BCUT2D eigenvalue weighted by Gasteiger charge is -2.32. The summed E-state index contributed by atoms with van der Waals surface area (Å²) in [5.74, 6) is -0.858. The molecule has 188 valence electrons. The first-order chi connectivity index (χ1) is 15.9. The molecule has 11 heteroatoms. The average molecular weight is 495 g/mol. The summed E-state index contributed by atoms with van der Waals surface area (Å²) in [5.41, 5.74) is -0.315. The number of nitrogens with zero attached hydrogens (tertiary/aromatic N) is 1.